The Bertz CT molecular complexity index is 373. The minimum Gasteiger partial charge on any atom is -0.676 e. The fraction of sp³-hybridized carbons (Fsp3) is 0.857. The Kier molecular flexibility index (Phi) is 7.45. The maximum atomic E-state index is 10.8. The van der Waals surface area contributed by atoms with Crippen molar-refractivity contribution in [3.63, 3.8) is 0 Å². The van der Waals surface area contributed by atoms with Gasteiger partial charge >= 0.3 is 33.0 Å². The Hall–Kier alpha value is -0.492. The second-order valence-electron chi connectivity index (χ2n) is 6.02. The van der Waals surface area contributed by atoms with E-state index in [1.165, 1.54) is 12.8 Å². The summed E-state index contributed by atoms with van der Waals surface area (Å²) in [6.07, 6.45) is 4.82. The molecule has 0 aromatic carbocycles. The first-order valence-electron chi connectivity index (χ1n) is 7.45. The molecule has 22 heavy (non-hydrogen) atoms. The first-order valence-corrected chi connectivity index (χ1v) is 7.45. The minimum absolute atomic E-state index is 0. The number of hydrogen-bond donors (Lipinski definition) is 2. The van der Waals surface area contributed by atoms with E-state index < -0.39 is 23.8 Å². The van der Waals surface area contributed by atoms with Crippen LogP contribution in [-0.2, 0) is 35.4 Å². The van der Waals surface area contributed by atoms with Gasteiger partial charge in [-0.3, -0.25) is 9.59 Å². The zero-order chi connectivity index (χ0) is 15.6. The summed E-state index contributed by atoms with van der Waals surface area (Å²) in [7, 11) is 0. The van der Waals surface area contributed by atoms with Gasteiger partial charge in [0.05, 0.1) is 24.0 Å². The molecule has 2 saturated heterocycles. The molecule has 4 unspecified atom stereocenters. The number of carbonyl (C=O) groups is 2. The van der Waals surface area contributed by atoms with E-state index >= 15 is 0 Å². The van der Waals surface area contributed by atoms with Crippen molar-refractivity contribution in [3.05, 3.63) is 11.5 Å². The van der Waals surface area contributed by atoms with Crippen molar-refractivity contribution in [2.24, 2.45) is 11.8 Å². The molecule has 6 atom stereocenters. The molecular formula is C14H22N2O5Pt. The van der Waals surface area contributed by atoms with Crippen LogP contribution < -0.4 is 0 Å². The van der Waals surface area contributed by atoms with Gasteiger partial charge in [-0.2, -0.15) is 12.1 Å². The first kappa shape index (κ1) is 19.6. The summed E-state index contributed by atoms with van der Waals surface area (Å²) in [5.74, 6) is -3.81. The topological polar surface area (TPSA) is 131 Å². The van der Waals surface area contributed by atoms with Crippen LogP contribution in [0.25, 0.3) is 11.5 Å². The maximum Gasteiger partial charge on any atom is 2.00 e. The Balaban J connectivity index is 0.000000234. The quantitative estimate of drug-likeness (QED) is 0.610. The van der Waals surface area contributed by atoms with Gasteiger partial charge in [-0.1, -0.05) is 25.7 Å². The van der Waals surface area contributed by atoms with Crippen LogP contribution in [-0.4, -0.2) is 46.4 Å². The van der Waals surface area contributed by atoms with E-state index in [0.717, 1.165) is 12.8 Å². The van der Waals surface area contributed by atoms with Crippen LogP contribution in [0.1, 0.15) is 38.5 Å². The van der Waals surface area contributed by atoms with Crippen molar-refractivity contribution < 1.29 is 45.6 Å². The number of hydrogen-bond acceptors (Lipinski definition) is 3. The number of nitrogens with one attached hydrogen (secondary N) is 2. The van der Waals surface area contributed by atoms with E-state index in [1.54, 1.807) is 0 Å². The number of carboxylic acid groups (broad SMARTS) is 2. The third-order valence-corrected chi connectivity index (χ3v) is 4.61. The molecular weight excluding hydrogens is 471 g/mol. The smallest absolute Gasteiger partial charge is 0.676 e. The zero-order valence-electron chi connectivity index (χ0n) is 12.1. The molecule has 0 radical (unpaired) electrons. The summed E-state index contributed by atoms with van der Waals surface area (Å²) < 4.78 is 5.26. The Morgan fingerprint density at radius 3 is 1.45 bits per heavy atom. The molecule has 2 bridgehead atoms. The molecule has 4 N–H and O–H groups in total. The van der Waals surface area contributed by atoms with E-state index in [0.29, 0.717) is 12.8 Å². The summed E-state index contributed by atoms with van der Waals surface area (Å²) in [5, 5.41) is 17.6. The number of carboxylic acids is 2. The monoisotopic (exact) mass is 493 g/mol. The fourth-order valence-corrected chi connectivity index (χ4v) is 3.44. The maximum absolute atomic E-state index is 10.8. The van der Waals surface area contributed by atoms with E-state index in [-0.39, 0.29) is 45.4 Å². The largest absolute Gasteiger partial charge is 2.00 e. The van der Waals surface area contributed by atoms with Crippen molar-refractivity contribution in [3.8, 4) is 0 Å². The van der Waals surface area contributed by atoms with Crippen molar-refractivity contribution in [1.29, 1.82) is 0 Å². The van der Waals surface area contributed by atoms with Gasteiger partial charge in [-0.15, -0.1) is 0 Å². The number of aliphatic carboxylic acids is 2. The van der Waals surface area contributed by atoms with E-state index in [1.807, 2.05) is 0 Å². The molecule has 128 valence electrons. The van der Waals surface area contributed by atoms with Crippen LogP contribution in [0, 0.1) is 11.8 Å². The predicted octanol–water partition coefficient (Wildman–Crippen LogP) is 2.35. The average molecular weight is 493 g/mol. The van der Waals surface area contributed by atoms with Crippen LogP contribution in [0.4, 0.5) is 0 Å². The summed E-state index contributed by atoms with van der Waals surface area (Å²) in [4.78, 5) is 21.5. The third kappa shape index (κ3) is 4.28. The SMILES string of the molecule is O=C(O)C1C2CCC(O2)C1C(=O)O.[NH-][C@@H]1CCCC[C@@H]1[NH-].[Pt+2]. The molecule has 2 aliphatic heterocycles. The summed E-state index contributed by atoms with van der Waals surface area (Å²) >= 11 is 0. The van der Waals surface area contributed by atoms with E-state index in [2.05, 4.69) is 0 Å². The van der Waals surface area contributed by atoms with Gasteiger partial charge in [0.25, 0.3) is 0 Å². The molecule has 8 heteroatoms. The summed E-state index contributed by atoms with van der Waals surface area (Å²) in [6.45, 7) is 0. The van der Waals surface area contributed by atoms with Gasteiger partial charge in [-0.05, 0) is 12.8 Å². The Labute approximate surface area is 144 Å². The van der Waals surface area contributed by atoms with Crippen molar-refractivity contribution in [2.45, 2.75) is 62.8 Å². The molecule has 1 saturated carbocycles. The second kappa shape index (κ2) is 8.39. The van der Waals surface area contributed by atoms with Crippen LogP contribution in [0.3, 0.4) is 0 Å². The molecule has 2 heterocycles. The van der Waals surface area contributed by atoms with Gasteiger partial charge in [0.2, 0.25) is 0 Å². The van der Waals surface area contributed by atoms with E-state index in [4.69, 9.17) is 26.4 Å². The van der Waals surface area contributed by atoms with E-state index in [9.17, 15) is 9.59 Å². The first-order chi connectivity index (χ1) is 9.91. The van der Waals surface area contributed by atoms with Crippen LogP contribution in [0.5, 0.6) is 0 Å². The third-order valence-electron chi connectivity index (χ3n) is 4.61. The summed E-state index contributed by atoms with van der Waals surface area (Å²) in [6, 6.07) is -0.160. The molecule has 0 spiro atoms. The average Bonchev–Trinajstić information content (AvgIpc) is 3.03. The molecule has 1 aliphatic carbocycles. The standard InChI is InChI=1S/C8H10O5.C6H12N2.Pt/c9-7(10)5-3-1-2-4(13-3)6(5)8(11)12;7-5-3-1-2-4-6(5)8;/h3-6H,1-2H2,(H,9,10)(H,11,12);5-8H,1-4H2;/q;-2;+2/t;5-,6+;. The normalized spacial score (nSPS) is 39.4. The molecule has 7 nitrogen and oxygen atoms in total. The van der Waals surface area contributed by atoms with Gasteiger partial charge in [0, 0.05) is 0 Å². The van der Waals surface area contributed by atoms with Crippen LogP contribution in [0.15, 0.2) is 0 Å². The van der Waals surface area contributed by atoms with Crippen molar-refractivity contribution in [2.75, 3.05) is 0 Å². The fourth-order valence-electron chi connectivity index (χ4n) is 3.44. The van der Waals surface area contributed by atoms with Gasteiger partial charge in [0.15, 0.2) is 0 Å². The van der Waals surface area contributed by atoms with Crippen LogP contribution in [0.2, 0.25) is 0 Å². The van der Waals surface area contributed by atoms with Gasteiger partial charge in [0.1, 0.15) is 0 Å². The van der Waals surface area contributed by atoms with Crippen molar-refractivity contribution >= 4 is 11.9 Å². The Morgan fingerprint density at radius 2 is 1.18 bits per heavy atom. The zero-order valence-corrected chi connectivity index (χ0v) is 14.4. The number of rotatable bonds is 2. The Morgan fingerprint density at radius 1 is 0.818 bits per heavy atom. The number of ether oxygens (including phenoxy) is 1. The predicted molar refractivity (Wildman–Crippen MR) is 74.8 cm³/mol. The van der Waals surface area contributed by atoms with Crippen molar-refractivity contribution in [1.82, 2.24) is 0 Å². The van der Waals surface area contributed by atoms with Gasteiger partial charge in [-0.25, -0.2) is 0 Å². The van der Waals surface area contributed by atoms with Crippen LogP contribution >= 0.6 is 0 Å². The molecule has 3 aliphatic rings. The second-order valence-corrected chi connectivity index (χ2v) is 6.02. The molecule has 0 aromatic heterocycles. The minimum atomic E-state index is -1.06. The molecule has 3 rings (SSSR count). The van der Waals surface area contributed by atoms with Gasteiger partial charge < -0.3 is 26.4 Å². The summed E-state index contributed by atoms with van der Waals surface area (Å²) in [5.41, 5.74) is 14.6. The molecule has 0 amide bonds. The number of fused-ring (bicyclic) bond motifs is 2. The molecule has 3 fully saturated rings. The molecule has 0 aromatic rings.